The first-order valence-corrected chi connectivity index (χ1v) is 12.2. The number of methoxy groups -OCH3 is 1. The molecule has 0 saturated carbocycles. The number of halogens is 3. The van der Waals surface area contributed by atoms with E-state index >= 15 is 0 Å². The molecule has 2 aromatic heterocycles. The predicted octanol–water partition coefficient (Wildman–Crippen LogP) is 5.37. The van der Waals surface area contributed by atoms with Gasteiger partial charge >= 0.3 is 0 Å². The third kappa shape index (κ3) is 4.58. The van der Waals surface area contributed by atoms with Gasteiger partial charge in [-0.2, -0.15) is 4.98 Å². The molecular weight excluding hydrogens is 502 g/mol. The first-order valence-electron chi connectivity index (χ1n) is 11.8. The molecule has 37 heavy (non-hydrogen) atoms. The maximum Gasteiger partial charge on any atom is 0.229 e. The fraction of sp³-hybridized carbons (Fsp3) is 0.269. The molecule has 2 aliphatic heterocycles. The summed E-state index contributed by atoms with van der Waals surface area (Å²) in [6, 6.07) is 11.7. The number of nitrogens with zero attached hydrogens (tertiary/aromatic N) is 5. The maximum absolute atomic E-state index is 14.1. The van der Waals surface area contributed by atoms with Crippen molar-refractivity contribution in [2.45, 2.75) is 25.3 Å². The first-order chi connectivity index (χ1) is 18.0. The molecule has 2 atom stereocenters. The van der Waals surface area contributed by atoms with Gasteiger partial charge in [0.15, 0.2) is 0 Å². The quantitative estimate of drug-likeness (QED) is 0.363. The Morgan fingerprint density at radius 2 is 2.00 bits per heavy atom. The SMILES string of the molecule is COc1cc(Nc2nc3c(c(N4CCC(F)C4)n2)COC3c2ccc(F)cc2)ccc1-n1cnc(Cl)c1. The van der Waals surface area contributed by atoms with Crippen LogP contribution in [0, 0.1) is 5.82 Å². The Balaban J connectivity index is 1.37. The topological polar surface area (TPSA) is 77.3 Å². The molecule has 6 rings (SSSR count). The lowest BCUT2D eigenvalue weighted by molar-refractivity contribution is 0.0923. The van der Waals surface area contributed by atoms with Crippen molar-refractivity contribution in [3.05, 3.63) is 82.8 Å². The van der Waals surface area contributed by atoms with Crippen molar-refractivity contribution >= 4 is 29.1 Å². The number of alkyl halides is 1. The highest BCUT2D eigenvalue weighted by atomic mass is 35.5. The zero-order chi connectivity index (χ0) is 25.5. The molecular formula is C26H23ClF2N6O2. The van der Waals surface area contributed by atoms with E-state index in [0.717, 1.165) is 16.8 Å². The number of imidazole rings is 1. The summed E-state index contributed by atoms with van der Waals surface area (Å²) in [4.78, 5) is 15.5. The van der Waals surface area contributed by atoms with Gasteiger partial charge in [0.25, 0.3) is 0 Å². The van der Waals surface area contributed by atoms with Gasteiger partial charge in [-0.05, 0) is 36.2 Å². The monoisotopic (exact) mass is 524 g/mol. The zero-order valence-corrected chi connectivity index (χ0v) is 20.6. The lowest BCUT2D eigenvalue weighted by Gasteiger charge is -2.21. The summed E-state index contributed by atoms with van der Waals surface area (Å²) in [5.74, 6) is 1.25. The summed E-state index contributed by atoms with van der Waals surface area (Å²) >= 11 is 5.97. The average Bonchev–Trinajstić information content (AvgIpc) is 3.64. The normalized spacial score (nSPS) is 18.8. The molecule has 2 aliphatic rings. The first kappa shape index (κ1) is 23.6. The van der Waals surface area contributed by atoms with E-state index in [9.17, 15) is 8.78 Å². The number of ether oxygens (including phenoxy) is 2. The van der Waals surface area contributed by atoms with Gasteiger partial charge in [-0.1, -0.05) is 23.7 Å². The molecule has 1 N–H and O–H groups in total. The van der Waals surface area contributed by atoms with E-state index in [2.05, 4.69) is 10.3 Å². The van der Waals surface area contributed by atoms with Gasteiger partial charge in [0.2, 0.25) is 5.95 Å². The summed E-state index contributed by atoms with van der Waals surface area (Å²) in [5.41, 5.74) is 3.74. The highest BCUT2D eigenvalue weighted by molar-refractivity contribution is 6.29. The van der Waals surface area contributed by atoms with Crippen LogP contribution in [-0.2, 0) is 11.3 Å². The smallest absolute Gasteiger partial charge is 0.229 e. The molecule has 0 amide bonds. The second kappa shape index (κ2) is 9.60. The van der Waals surface area contributed by atoms with E-state index in [1.165, 1.54) is 12.1 Å². The standard InChI is InChI=1S/C26H23ClF2N6O2/c1-36-21-10-18(6-7-20(21)35-12-22(27)30-14-35)31-26-32-23-19(25(33-26)34-9-8-17(29)11-34)13-37-24(23)15-2-4-16(28)5-3-15/h2-7,10,12,14,17,24H,8-9,11,13H2,1H3,(H,31,32,33). The Morgan fingerprint density at radius 3 is 2.70 bits per heavy atom. The number of benzene rings is 2. The number of fused-ring (bicyclic) bond motifs is 1. The molecule has 11 heteroatoms. The largest absolute Gasteiger partial charge is 0.494 e. The minimum absolute atomic E-state index is 0.264. The van der Waals surface area contributed by atoms with Crippen LogP contribution in [-0.4, -0.2) is 45.9 Å². The Labute approximate surface area is 216 Å². The van der Waals surface area contributed by atoms with Crippen LogP contribution in [0.1, 0.15) is 29.3 Å². The Hall–Kier alpha value is -3.76. The van der Waals surface area contributed by atoms with E-state index in [1.54, 1.807) is 36.3 Å². The van der Waals surface area contributed by atoms with Crippen molar-refractivity contribution < 1.29 is 18.3 Å². The molecule has 0 aliphatic carbocycles. The van der Waals surface area contributed by atoms with Crippen molar-refractivity contribution in [3.63, 3.8) is 0 Å². The van der Waals surface area contributed by atoms with Crippen LogP contribution >= 0.6 is 11.6 Å². The Kier molecular flexibility index (Phi) is 6.13. The molecule has 0 radical (unpaired) electrons. The summed E-state index contributed by atoms with van der Waals surface area (Å²) < 4.78 is 41.1. The molecule has 0 bridgehead atoms. The van der Waals surface area contributed by atoms with Crippen LogP contribution in [0.4, 0.5) is 26.2 Å². The third-order valence-electron chi connectivity index (χ3n) is 6.53. The number of anilines is 3. The highest BCUT2D eigenvalue weighted by Gasteiger charge is 2.34. The van der Waals surface area contributed by atoms with Gasteiger partial charge in [-0.15, -0.1) is 0 Å². The van der Waals surface area contributed by atoms with E-state index in [-0.39, 0.29) is 19.0 Å². The van der Waals surface area contributed by atoms with Crippen LogP contribution in [0.15, 0.2) is 55.0 Å². The highest BCUT2D eigenvalue weighted by Crippen LogP contribution is 2.40. The van der Waals surface area contributed by atoms with Crippen molar-refractivity contribution in [2.75, 3.05) is 30.4 Å². The molecule has 1 saturated heterocycles. The average molecular weight is 525 g/mol. The van der Waals surface area contributed by atoms with Gasteiger partial charge in [0.05, 0.1) is 31.6 Å². The molecule has 4 aromatic rings. The van der Waals surface area contributed by atoms with Crippen molar-refractivity contribution in [2.24, 2.45) is 0 Å². The van der Waals surface area contributed by atoms with Gasteiger partial charge < -0.3 is 24.3 Å². The van der Waals surface area contributed by atoms with E-state index in [1.807, 2.05) is 23.1 Å². The van der Waals surface area contributed by atoms with Gasteiger partial charge in [-0.3, -0.25) is 0 Å². The second-order valence-corrected chi connectivity index (χ2v) is 9.31. The van der Waals surface area contributed by atoms with Crippen LogP contribution in [0.2, 0.25) is 5.15 Å². The number of nitrogens with one attached hydrogen (secondary N) is 1. The van der Waals surface area contributed by atoms with E-state index < -0.39 is 12.3 Å². The van der Waals surface area contributed by atoms with Crippen LogP contribution in [0.3, 0.4) is 0 Å². The summed E-state index contributed by atoms with van der Waals surface area (Å²) in [7, 11) is 1.58. The number of hydrogen-bond acceptors (Lipinski definition) is 7. The van der Waals surface area contributed by atoms with Crippen LogP contribution < -0.4 is 15.0 Å². The minimum atomic E-state index is -0.911. The third-order valence-corrected chi connectivity index (χ3v) is 6.72. The fourth-order valence-electron chi connectivity index (χ4n) is 4.74. The summed E-state index contributed by atoms with van der Waals surface area (Å²) in [6.07, 6.45) is 2.34. The molecule has 4 heterocycles. The van der Waals surface area contributed by atoms with Crippen LogP contribution in [0.25, 0.3) is 5.69 Å². The molecule has 2 aromatic carbocycles. The Morgan fingerprint density at radius 1 is 1.16 bits per heavy atom. The second-order valence-electron chi connectivity index (χ2n) is 8.92. The summed E-state index contributed by atoms with van der Waals surface area (Å²) in [5, 5.41) is 3.63. The van der Waals surface area contributed by atoms with Crippen molar-refractivity contribution in [3.8, 4) is 11.4 Å². The Bertz CT molecular complexity index is 1450. The predicted molar refractivity (Wildman–Crippen MR) is 135 cm³/mol. The van der Waals surface area contributed by atoms with Gasteiger partial charge in [0, 0.05) is 30.1 Å². The van der Waals surface area contributed by atoms with Gasteiger partial charge in [0.1, 0.15) is 41.1 Å². The molecule has 2 unspecified atom stereocenters. The zero-order valence-electron chi connectivity index (χ0n) is 19.9. The number of aromatic nitrogens is 4. The number of hydrogen-bond donors (Lipinski definition) is 1. The minimum Gasteiger partial charge on any atom is -0.494 e. The van der Waals surface area contributed by atoms with E-state index in [4.69, 9.17) is 31.0 Å². The van der Waals surface area contributed by atoms with E-state index in [0.29, 0.717) is 47.0 Å². The maximum atomic E-state index is 14.1. The van der Waals surface area contributed by atoms with Crippen molar-refractivity contribution in [1.29, 1.82) is 0 Å². The molecule has 190 valence electrons. The lowest BCUT2D eigenvalue weighted by Crippen LogP contribution is -2.23. The van der Waals surface area contributed by atoms with Crippen molar-refractivity contribution in [1.82, 2.24) is 19.5 Å². The molecule has 0 spiro atoms. The van der Waals surface area contributed by atoms with Crippen LogP contribution in [0.5, 0.6) is 5.75 Å². The summed E-state index contributed by atoms with van der Waals surface area (Å²) in [6.45, 7) is 1.11. The lowest BCUT2D eigenvalue weighted by atomic mass is 10.0. The van der Waals surface area contributed by atoms with Gasteiger partial charge in [-0.25, -0.2) is 18.7 Å². The fourth-order valence-corrected chi connectivity index (χ4v) is 4.89. The molecule has 8 nitrogen and oxygen atoms in total. The molecule has 1 fully saturated rings. The number of rotatable bonds is 6.